The van der Waals surface area contributed by atoms with Gasteiger partial charge in [0.25, 0.3) is 11.8 Å². The number of nitrogens with zero attached hydrogens (tertiary/aromatic N) is 3. The van der Waals surface area contributed by atoms with Crippen molar-refractivity contribution in [3.63, 3.8) is 0 Å². The molecule has 3 aromatic heterocycles. The molecule has 0 spiro atoms. The summed E-state index contributed by atoms with van der Waals surface area (Å²) in [7, 11) is 0. The van der Waals surface area contributed by atoms with Crippen LogP contribution in [0.25, 0.3) is 0 Å². The minimum Gasteiger partial charge on any atom is -0.397 e. The predicted octanol–water partition coefficient (Wildman–Crippen LogP) is 1.54. The lowest BCUT2D eigenvalue weighted by molar-refractivity contribution is 0.101. The third-order valence-electron chi connectivity index (χ3n) is 3.42. The van der Waals surface area contributed by atoms with Crippen LogP contribution in [0, 0.1) is 0 Å². The summed E-state index contributed by atoms with van der Waals surface area (Å²) in [6.45, 7) is 0. The molecule has 130 valence electrons. The van der Waals surface area contributed by atoms with Crippen LogP contribution >= 0.6 is 0 Å². The first-order chi connectivity index (χ1) is 12.5. The normalized spacial score (nSPS) is 10.2. The van der Waals surface area contributed by atoms with Crippen molar-refractivity contribution < 1.29 is 9.59 Å². The number of rotatable bonds is 4. The number of carbonyl (C=O) groups excluding carboxylic acids is 2. The van der Waals surface area contributed by atoms with Gasteiger partial charge in [0.1, 0.15) is 11.4 Å². The molecule has 9 heteroatoms. The van der Waals surface area contributed by atoms with Crippen LogP contribution in [0.1, 0.15) is 21.0 Å². The molecule has 0 bridgehead atoms. The summed E-state index contributed by atoms with van der Waals surface area (Å²) in [4.78, 5) is 36.5. The van der Waals surface area contributed by atoms with Gasteiger partial charge in [-0.1, -0.05) is 6.07 Å². The smallest absolute Gasteiger partial charge is 0.274 e. The van der Waals surface area contributed by atoms with Crippen molar-refractivity contribution in [2.24, 2.45) is 0 Å². The number of hydrogen-bond acceptors (Lipinski definition) is 7. The van der Waals surface area contributed by atoms with Crippen molar-refractivity contribution in [1.29, 1.82) is 0 Å². The van der Waals surface area contributed by atoms with E-state index in [1.807, 2.05) is 0 Å². The second kappa shape index (κ2) is 7.26. The molecule has 0 unspecified atom stereocenters. The Morgan fingerprint density at radius 3 is 1.65 bits per heavy atom. The molecule has 3 rings (SSSR count). The van der Waals surface area contributed by atoms with Gasteiger partial charge in [0, 0.05) is 12.4 Å². The number of carbonyl (C=O) groups is 2. The number of nitrogens with two attached hydrogens (primary N) is 2. The maximum atomic E-state index is 12.3. The Morgan fingerprint density at radius 2 is 1.23 bits per heavy atom. The number of hydrogen-bond donors (Lipinski definition) is 4. The lowest BCUT2D eigenvalue weighted by Crippen LogP contribution is -2.19. The van der Waals surface area contributed by atoms with Crippen LogP contribution in [0.3, 0.4) is 0 Å². The Morgan fingerprint density at radius 1 is 0.769 bits per heavy atom. The molecule has 9 nitrogen and oxygen atoms in total. The Labute approximate surface area is 148 Å². The summed E-state index contributed by atoms with van der Waals surface area (Å²) in [5.74, 6) is -1.03. The van der Waals surface area contributed by atoms with E-state index in [0.29, 0.717) is 22.7 Å². The van der Waals surface area contributed by atoms with Crippen molar-refractivity contribution in [3.8, 4) is 0 Å². The second-order valence-corrected chi connectivity index (χ2v) is 5.24. The molecule has 2 amide bonds. The topological polar surface area (TPSA) is 149 Å². The lowest BCUT2D eigenvalue weighted by Gasteiger charge is -2.09. The average Bonchev–Trinajstić information content (AvgIpc) is 2.65. The number of nitrogen functional groups attached to an aromatic ring is 2. The maximum absolute atomic E-state index is 12.3. The van der Waals surface area contributed by atoms with E-state index < -0.39 is 11.8 Å². The fourth-order valence-corrected chi connectivity index (χ4v) is 2.08. The van der Waals surface area contributed by atoms with Gasteiger partial charge in [-0.05, 0) is 24.3 Å². The molecule has 0 aliphatic rings. The van der Waals surface area contributed by atoms with Gasteiger partial charge in [-0.15, -0.1) is 0 Å². The number of aromatic nitrogens is 3. The summed E-state index contributed by atoms with van der Waals surface area (Å²) in [5.41, 5.74) is 13.1. The highest BCUT2D eigenvalue weighted by molar-refractivity contribution is 6.07. The van der Waals surface area contributed by atoms with Gasteiger partial charge >= 0.3 is 0 Å². The quantitative estimate of drug-likeness (QED) is 0.558. The largest absolute Gasteiger partial charge is 0.397 e. The summed E-state index contributed by atoms with van der Waals surface area (Å²) < 4.78 is 0. The fourth-order valence-electron chi connectivity index (χ4n) is 2.08. The molecule has 0 fully saturated rings. The van der Waals surface area contributed by atoms with E-state index in [9.17, 15) is 9.59 Å². The number of pyridine rings is 3. The van der Waals surface area contributed by atoms with Gasteiger partial charge in [0.15, 0.2) is 0 Å². The van der Waals surface area contributed by atoms with Crippen LogP contribution in [0.2, 0.25) is 0 Å². The Bertz CT molecular complexity index is 900. The van der Waals surface area contributed by atoms with E-state index in [1.165, 1.54) is 36.9 Å². The Hall–Kier alpha value is -4.01. The maximum Gasteiger partial charge on any atom is 0.274 e. The molecule has 0 aliphatic carbocycles. The van der Waals surface area contributed by atoms with Gasteiger partial charge in [0.2, 0.25) is 0 Å². The summed E-state index contributed by atoms with van der Waals surface area (Å²) in [6, 6.07) is 7.64. The van der Waals surface area contributed by atoms with Crippen molar-refractivity contribution in [1.82, 2.24) is 15.0 Å². The standard InChI is InChI=1S/C17H15N7O2/c18-10-4-6-20-8-14(10)23-16(25)12-2-1-3-13(22-12)17(26)24-15-9-21-7-5-11(15)19/h1-9H,(H2,18,20)(H2,19,21)(H,23,25)(H,24,26). The highest BCUT2D eigenvalue weighted by Crippen LogP contribution is 2.17. The molecule has 0 saturated carbocycles. The monoisotopic (exact) mass is 349 g/mol. The SMILES string of the molecule is Nc1ccncc1NC(=O)c1cccc(C(=O)Nc2cnccc2N)n1. The van der Waals surface area contributed by atoms with Gasteiger partial charge in [-0.25, -0.2) is 4.98 Å². The van der Waals surface area contributed by atoms with E-state index in [2.05, 4.69) is 25.6 Å². The van der Waals surface area contributed by atoms with Crippen molar-refractivity contribution in [2.45, 2.75) is 0 Å². The number of anilines is 4. The fraction of sp³-hybridized carbons (Fsp3) is 0. The zero-order chi connectivity index (χ0) is 18.5. The van der Waals surface area contributed by atoms with Gasteiger partial charge in [-0.2, -0.15) is 0 Å². The third-order valence-corrected chi connectivity index (χ3v) is 3.42. The van der Waals surface area contributed by atoms with E-state index in [4.69, 9.17) is 11.5 Å². The second-order valence-electron chi connectivity index (χ2n) is 5.24. The van der Waals surface area contributed by atoms with Crippen LogP contribution < -0.4 is 22.1 Å². The predicted molar refractivity (Wildman–Crippen MR) is 97.4 cm³/mol. The highest BCUT2D eigenvalue weighted by atomic mass is 16.2. The number of amides is 2. The molecule has 0 saturated heterocycles. The van der Waals surface area contributed by atoms with E-state index in [-0.39, 0.29) is 11.4 Å². The zero-order valence-corrected chi connectivity index (χ0v) is 13.5. The lowest BCUT2D eigenvalue weighted by atomic mass is 10.2. The molecular formula is C17H15N7O2. The summed E-state index contributed by atoms with van der Waals surface area (Å²) in [6.07, 6.45) is 5.88. The third kappa shape index (κ3) is 3.73. The van der Waals surface area contributed by atoms with Crippen LogP contribution in [0.15, 0.2) is 55.1 Å². The highest BCUT2D eigenvalue weighted by Gasteiger charge is 2.14. The van der Waals surface area contributed by atoms with Crippen molar-refractivity contribution >= 4 is 34.6 Å². The van der Waals surface area contributed by atoms with Gasteiger partial charge in [-0.3, -0.25) is 19.6 Å². The van der Waals surface area contributed by atoms with Crippen molar-refractivity contribution in [2.75, 3.05) is 22.1 Å². The van der Waals surface area contributed by atoms with E-state index in [1.54, 1.807) is 18.2 Å². The van der Waals surface area contributed by atoms with Crippen LogP contribution in [-0.4, -0.2) is 26.8 Å². The molecular weight excluding hydrogens is 334 g/mol. The first-order valence-electron chi connectivity index (χ1n) is 7.53. The minimum atomic E-state index is -0.514. The summed E-state index contributed by atoms with van der Waals surface area (Å²) in [5, 5.41) is 5.20. The molecule has 26 heavy (non-hydrogen) atoms. The molecule has 3 aromatic rings. The molecule has 0 aliphatic heterocycles. The first-order valence-corrected chi connectivity index (χ1v) is 7.53. The zero-order valence-electron chi connectivity index (χ0n) is 13.5. The summed E-state index contributed by atoms with van der Waals surface area (Å²) >= 11 is 0. The van der Waals surface area contributed by atoms with Crippen LogP contribution in [0.4, 0.5) is 22.7 Å². The molecule has 0 aromatic carbocycles. The Balaban J connectivity index is 1.77. The minimum absolute atomic E-state index is 0.0556. The Kier molecular flexibility index (Phi) is 4.70. The van der Waals surface area contributed by atoms with E-state index in [0.717, 1.165) is 0 Å². The van der Waals surface area contributed by atoms with Gasteiger partial charge in [0.05, 0.1) is 35.1 Å². The van der Waals surface area contributed by atoms with Crippen LogP contribution in [-0.2, 0) is 0 Å². The molecule has 6 N–H and O–H groups in total. The van der Waals surface area contributed by atoms with Crippen molar-refractivity contribution in [3.05, 3.63) is 66.5 Å². The van der Waals surface area contributed by atoms with Gasteiger partial charge < -0.3 is 22.1 Å². The first kappa shape index (κ1) is 16.8. The van der Waals surface area contributed by atoms with E-state index >= 15 is 0 Å². The number of nitrogens with one attached hydrogen (secondary N) is 2. The molecule has 0 atom stereocenters. The average molecular weight is 349 g/mol. The molecule has 0 radical (unpaired) electrons. The molecule has 3 heterocycles. The van der Waals surface area contributed by atoms with Crippen LogP contribution in [0.5, 0.6) is 0 Å².